The predicted octanol–water partition coefficient (Wildman–Crippen LogP) is 13.4. The van der Waals surface area contributed by atoms with E-state index in [9.17, 15) is 0 Å². The molecule has 266 valence electrons. The summed E-state index contributed by atoms with van der Waals surface area (Å²) in [5.41, 5.74) is 6.24. The molecule has 57 heavy (non-hydrogen) atoms. The van der Waals surface area contributed by atoms with Gasteiger partial charge in [-0.25, -0.2) is 15.0 Å². The van der Waals surface area contributed by atoms with Crippen LogP contribution < -0.4 is 0 Å². The van der Waals surface area contributed by atoms with Crippen molar-refractivity contribution in [3.05, 3.63) is 188 Å². The molecule has 0 radical (unpaired) electrons. The van der Waals surface area contributed by atoms with E-state index < -0.39 is 60.4 Å². The second-order valence-corrected chi connectivity index (χ2v) is 14.7. The minimum atomic E-state index is -0.601. The summed E-state index contributed by atoms with van der Waals surface area (Å²) in [6, 6.07) is 38.0. The molecule has 0 saturated carbocycles. The Balaban J connectivity index is 1.09. The maximum atomic E-state index is 8.73. The van der Waals surface area contributed by atoms with Gasteiger partial charge in [0.2, 0.25) is 0 Å². The van der Waals surface area contributed by atoms with E-state index in [1.165, 1.54) is 5.39 Å². The van der Waals surface area contributed by atoms with Gasteiger partial charge in [0, 0.05) is 64.1 Å². The van der Waals surface area contributed by atoms with Gasteiger partial charge in [-0.3, -0.25) is 0 Å². The molecule has 0 aliphatic heterocycles. The Morgan fingerprint density at radius 1 is 0.404 bits per heavy atom. The molecule has 0 bridgehead atoms. The minimum Gasteiger partial charge on any atom is -0.309 e. The molecule has 8 aromatic carbocycles. The first-order valence-electron chi connectivity index (χ1n) is 23.3. The van der Waals surface area contributed by atoms with E-state index in [1.807, 2.05) is 24.3 Å². The van der Waals surface area contributed by atoms with Gasteiger partial charge in [0.1, 0.15) is 0 Å². The summed E-state index contributed by atoms with van der Waals surface area (Å²) in [5, 5.41) is 6.58. The molecule has 0 aliphatic carbocycles. The van der Waals surface area contributed by atoms with Gasteiger partial charge in [-0.1, -0.05) is 133 Å². The van der Waals surface area contributed by atoms with E-state index in [1.54, 1.807) is 11.3 Å². The molecule has 0 fully saturated rings. The number of nitrogens with zero attached hydrogens (tertiary/aromatic N) is 5. The Kier molecular flexibility index (Phi) is 5.18. The zero-order chi connectivity index (χ0) is 46.2. The van der Waals surface area contributed by atoms with Crippen LogP contribution in [0.4, 0.5) is 0 Å². The molecule has 0 saturated heterocycles. The molecule has 0 N–H and O–H groups in total. The summed E-state index contributed by atoms with van der Waals surface area (Å²) in [6.07, 6.45) is 0. The summed E-state index contributed by atoms with van der Waals surface area (Å²) in [5.74, 6) is -0.607. The lowest BCUT2D eigenvalue weighted by Gasteiger charge is -2.11. The van der Waals surface area contributed by atoms with Gasteiger partial charge >= 0.3 is 0 Å². The van der Waals surface area contributed by atoms with Crippen LogP contribution in [0.15, 0.2) is 188 Å². The predicted molar refractivity (Wildman–Crippen MR) is 238 cm³/mol. The number of thiophene rings is 1. The fourth-order valence-corrected chi connectivity index (χ4v) is 9.38. The molecule has 0 unspecified atom stereocenters. The highest BCUT2D eigenvalue weighted by atomic mass is 32.1. The zero-order valence-corrected chi connectivity index (χ0v) is 30.6. The lowest BCUT2D eigenvalue weighted by molar-refractivity contribution is 1.07. The molecular weight excluding hydrogens is 715 g/mol. The maximum Gasteiger partial charge on any atom is 0.164 e. The van der Waals surface area contributed by atoms with Crippen molar-refractivity contribution in [1.82, 2.24) is 24.1 Å². The van der Waals surface area contributed by atoms with E-state index in [-0.39, 0.29) is 28.6 Å². The molecule has 4 heterocycles. The molecule has 4 aromatic heterocycles. The molecule has 0 aliphatic rings. The number of hydrogen-bond donors (Lipinski definition) is 0. The summed E-state index contributed by atoms with van der Waals surface area (Å²) in [4.78, 5) is 13.8. The lowest BCUT2D eigenvalue weighted by Crippen LogP contribution is -2.00. The van der Waals surface area contributed by atoms with Crippen LogP contribution in [0.3, 0.4) is 0 Å². The van der Waals surface area contributed by atoms with Crippen molar-refractivity contribution in [2.45, 2.75) is 0 Å². The fraction of sp³-hybridized carbons (Fsp3) is 0. The summed E-state index contributed by atoms with van der Waals surface area (Å²) in [6.45, 7) is 0. The Labute approximate surface area is 345 Å². The van der Waals surface area contributed by atoms with Crippen molar-refractivity contribution in [2.75, 3.05) is 0 Å². The summed E-state index contributed by atoms with van der Waals surface area (Å²) < 4.78 is 91.3. The number of fused-ring (bicyclic) bond motifs is 10. The normalized spacial score (nSPS) is 14.3. The Morgan fingerprint density at radius 3 is 1.61 bits per heavy atom. The molecule has 0 amide bonds. The average molecular weight is 756 g/mol. The maximum absolute atomic E-state index is 8.73. The van der Waals surface area contributed by atoms with Gasteiger partial charge in [-0.05, 0) is 54.6 Å². The highest BCUT2D eigenvalue weighted by molar-refractivity contribution is 7.26. The van der Waals surface area contributed by atoms with Crippen LogP contribution in [-0.2, 0) is 0 Å². The third-order valence-corrected chi connectivity index (χ3v) is 11.7. The largest absolute Gasteiger partial charge is 0.309 e. The second-order valence-electron chi connectivity index (χ2n) is 13.7. The van der Waals surface area contributed by atoms with Crippen molar-refractivity contribution >= 4 is 75.1 Å². The van der Waals surface area contributed by atoms with E-state index >= 15 is 0 Å². The zero-order valence-electron chi connectivity index (χ0n) is 39.8. The minimum absolute atomic E-state index is 0.0132. The topological polar surface area (TPSA) is 48.5 Å². The van der Waals surface area contributed by atoms with Gasteiger partial charge in [-0.2, -0.15) is 0 Å². The SMILES string of the molecule is [2H]c1c([2H])c([2H])c(-c2nc(-c3ccc4c(c3)sc3cccc(-n5c6ccccc6c6c7c8ccccc8n(-c8ccccc8)c7ccc65)c34)nc(-c3c([2H])c([2H])c([2H])c([2H])c3[2H])n2)c([2H])c1[2H]. The molecule has 0 atom stereocenters. The molecule has 5 nitrogen and oxygen atoms in total. The van der Waals surface area contributed by atoms with Crippen LogP contribution in [-0.4, -0.2) is 24.1 Å². The van der Waals surface area contributed by atoms with Crippen LogP contribution in [0, 0.1) is 0 Å². The number of para-hydroxylation sites is 3. The molecular formula is C51H31N5S. The smallest absolute Gasteiger partial charge is 0.164 e. The van der Waals surface area contributed by atoms with Crippen molar-refractivity contribution in [3.8, 4) is 45.5 Å². The van der Waals surface area contributed by atoms with Crippen LogP contribution in [0.2, 0.25) is 0 Å². The monoisotopic (exact) mass is 755 g/mol. The third kappa shape index (κ3) is 4.91. The lowest BCUT2D eigenvalue weighted by atomic mass is 10.1. The number of hydrogen-bond acceptors (Lipinski definition) is 4. The van der Waals surface area contributed by atoms with Gasteiger partial charge < -0.3 is 9.13 Å². The average Bonchev–Trinajstić information content (AvgIpc) is 4.01. The molecule has 12 aromatic rings. The molecule has 0 spiro atoms. The molecule has 6 heteroatoms. The van der Waals surface area contributed by atoms with Crippen molar-refractivity contribution < 1.29 is 13.7 Å². The van der Waals surface area contributed by atoms with Gasteiger partial charge in [-0.15, -0.1) is 11.3 Å². The molecule has 12 rings (SSSR count). The highest BCUT2D eigenvalue weighted by Gasteiger charge is 2.22. The summed E-state index contributed by atoms with van der Waals surface area (Å²) in [7, 11) is 0. The van der Waals surface area contributed by atoms with Crippen LogP contribution >= 0.6 is 11.3 Å². The first kappa shape index (κ1) is 23.5. The quantitative estimate of drug-likeness (QED) is 0.176. The Morgan fingerprint density at radius 2 is 0.965 bits per heavy atom. The Hall–Kier alpha value is -7.41. The van der Waals surface area contributed by atoms with Crippen LogP contribution in [0.25, 0.3) is 109 Å². The van der Waals surface area contributed by atoms with Crippen LogP contribution in [0.5, 0.6) is 0 Å². The van der Waals surface area contributed by atoms with Crippen LogP contribution in [0.1, 0.15) is 13.7 Å². The van der Waals surface area contributed by atoms with Crippen molar-refractivity contribution in [1.29, 1.82) is 0 Å². The Bertz CT molecular complexity index is 3980. The van der Waals surface area contributed by atoms with E-state index in [0.29, 0.717) is 5.56 Å². The number of benzene rings is 8. The highest BCUT2D eigenvalue weighted by Crippen LogP contribution is 2.45. The van der Waals surface area contributed by atoms with Gasteiger partial charge in [0.05, 0.1) is 41.5 Å². The van der Waals surface area contributed by atoms with Crippen molar-refractivity contribution in [2.24, 2.45) is 0 Å². The third-order valence-electron chi connectivity index (χ3n) is 10.5. The fourth-order valence-electron chi connectivity index (χ4n) is 8.22. The summed E-state index contributed by atoms with van der Waals surface area (Å²) >= 11 is 1.57. The van der Waals surface area contributed by atoms with Gasteiger partial charge in [0.15, 0.2) is 17.5 Å². The van der Waals surface area contributed by atoms with Gasteiger partial charge in [0.25, 0.3) is 0 Å². The van der Waals surface area contributed by atoms with E-state index in [4.69, 9.17) is 13.7 Å². The first-order chi connectivity index (χ1) is 32.4. The standard InChI is InChI=1S/C51H31N5S/c1-4-15-32(16-5-1)49-52-50(33-17-6-2-7-18-33)54-51(53-49)34-27-28-38-45(31-34)57-44-26-14-25-41(46(38)44)56-40-24-13-11-22-37(40)48-43(56)30-29-42-47(48)36-21-10-12-23-39(36)55(42)35-19-8-3-9-20-35/h1-31H/i1D,2D,4D,5D,6D,7D,15D,16D,17D,18D. The number of rotatable bonds is 5. The first-order valence-corrected chi connectivity index (χ1v) is 19.1. The van der Waals surface area contributed by atoms with E-state index in [2.05, 4.69) is 127 Å². The number of aromatic nitrogens is 5. The van der Waals surface area contributed by atoms with E-state index in [0.717, 1.165) is 69.8 Å². The van der Waals surface area contributed by atoms with Crippen molar-refractivity contribution in [3.63, 3.8) is 0 Å². The second kappa shape index (κ2) is 12.6.